The second kappa shape index (κ2) is 5.65. The molecule has 0 saturated carbocycles. The SMILES string of the molecule is COc1cc(C(=O)N=CN(C)C)ccc1Br. The molecule has 0 aliphatic carbocycles. The van der Waals surface area contributed by atoms with Gasteiger partial charge in [-0.25, -0.2) is 0 Å². The number of halogens is 1. The molecule has 0 N–H and O–H groups in total. The second-order valence-corrected chi connectivity index (χ2v) is 4.22. The van der Waals surface area contributed by atoms with Crippen molar-refractivity contribution in [2.75, 3.05) is 21.2 Å². The zero-order valence-corrected chi connectivity index (χ0v) is 11.0. The molecule has 0 spiro atoms. The van der Waals surface area contributed by atoms with Crippen LogP contribution < -0.4 is 4.74 Å². The first kappa shape index (κ1) is 12.7. The number of nitrogens with zero attached hydrogens (tertiary/aromatic N) is 2. The highest BCUT2D eigenvalue weighted by Gasteiger charge is 2.07. The van der Waals surface area contributed by atoms with Crippen LogP contribution in [0.1, 0.15) is 10.4 Å². The molecule has 1 aromatic rings. The van der Waals surface area contributed by atoms with E-state index < -0.39 is 0 Å². The summed E-state index contributed by atoms with van der Waals surface area (Å²) in [5.41, 5.74) is 0.498. The largest absolute Gasteiger partial charge is 0.496 e. The van der Waals surface area contributed by atoms with Crippen molar-refractivity contribution in [3.63, 3.8) is 0 Å². The van der Waals surface area contributed by atoms with Gasteiger partial charge in [-0.1, -0.05) is 0 Å². The smallest absolute Gasteiger partial charge is 0.278 e. The Balaban J connectivity index is 2.92. The van der Waals surface area contributed by atoms with E-state index in [0.717, 1.165) is 4.47 Å². The van der Waals surface area contributed by atoms with Crippen molar-refractivity contribution in [2.24, 2.45) is 4.99 Å². The number of ether oxygens (including phenoxy) is 1. The van der Waals surface area contributed by atoms with Crippen LogP contribution in [0.2, 0.25) is 0 Å². The van der Waals surface area contributed by atoms with Crippen molar-refractivity contribution >= 4 is 28.2 Å². The molecule has 0 atom stereocenters. The van der Waals surface area contributed by atoms with Gasteiger partial charge in [0.2, 0.25) is 0 Å². The maximum absolute atomic E-state index is 11.6. The third-order valence-electron chi connectivity index (χ3n) is 1.80. The minimum absolute atomic E-state index is 0.292. The maximum atomic E-state index is 11.6. The summed E-state index contributed by atoms with van der Waals surface area (Å²) in [6.45, 7) is 0. The van der Waals surface area contributed by atoms with Gasteiger partial charge in [0.15, 0.2) is 0 Å². The minimum Gasteiger partial charge on any atom is -0.496 e. The molecule has 4 nitrogen and oxygen atoms in total. The van der Waals surface area contributed by atoms with Gasteiger partial charge < -0.3 is 9.64 Å². The fourth-order valence-electron chi connectivity index (χ4n) is 1.04. The molecule has 1 rings (SSSR count). The lowest BCUT2D eigenvalue weighted by molar-refractivity contribution is 0.100. The number of carbonyl (C=O) groups excluding carboxylic acids is 1. The lowest BCUT2D eigenvalue weighted by atomic mass is 10.2. The fourth-order valence-corrected chi connectivity index (χ4v) is 1.44. The Labute approximate surface area is 103 Å². The van der Waals surface area contributed by atoms with Gasteiger partial charge in [0.25, 0.3) is 5.91 Å². The molecular weight excluding hydrogens is 272 g/mol. The Morgan fingerprint density at radius 2 is 2.19 bits per heavy atom. The summed E-state index contributed by atoms with van der Waals surface area (Å²) in [7, 11) is 5.16. The van der Waals surface area contributed by atoms with Crippen LogP contribution in [-0.4, -0.2) is 38.4 Å². The second-order valence-electron chi connectivity index (χ2n) is 3.36. The third-order valence-corrected chi connectivity index (χ3v) is 2.46. The van der Waals surface area contributed by atoms with Crippen molar-refractivity contribution < 1.29 is 9.53 Å². The first-order valence-corrected chi connectivity index (χ1v) is 5.42. The van der Waals surface area contributed by atoms with E-state index in [1.807, 2.05) is 0 Å². The standard InChI is InChI=1S/C11H13BrN2O2/c1-14(2)7-13-11(15)8-4-5-9(12)10(6-8)16-3/h4-7H,1-3H3. The van der Waals surface area contributed by atoms with Crippen molar-refractivity contribution in [1.29, 1.82) is 0 Å². The molecule has 5 heteroatoms. The number of benzene rings is 1. The molecular formula is C11H13BrN2O2. The Hall–Kier alpha value is -1.36. The third kappa shape index (κ3) is 3.34. The lowest BCUT2D eigenvalue weighted by Gasteiger charge is -2.05. The average molecular weight is 285 g/mol. The highest BCUT2D eigenvalue weighted by atomic mass is 79.9. The van der Waals surface area contributed by atoms with Crippen molar-refractivity contribution in [2.45, 2.75) is 0 Å². The van der Waals surface area contributed by atoms with E-state index in [0.29, 0.717) is 11.3 Å². The normalized spacial score (nSPS) is 10.5. The van der Waals surface area contributed by atoms with E-state index in [2.05, 4.69) is 20.9 Å². The van der Waals surface area contributed by atoms with Gasteiger partial charge >= 0.3 is 0 Å². The zero-order chi connectivity index (χ0) is 12.1. The maximum Gasteiger partial charge on any atom is 0.278 e. The van der Waals surface area contributed by atoms with Gasteiger partial charge in [-0.3, -0.25) is 4.79 Å². The predicted molar refractivity (Wildman–Crippen MR) is 67.2 cm³/mol. The number of rotatable bonds is 3. The summed E-state index contributed by atoms with van der Waals surface area (Å²) in [5.74, 6) is 0.324. The van der Waals surface area contributed by atoms with Gasteiger partial charge in [-0.05, 0) is 34.1 Å². The number of hydrogen-bond acceptors (Lipinski definition) is 2. The monoisotopic (exact) mass is 284 g/mol. The summed E-state index contributed by atoms with van der Waals surface area (Å²) in [6, 6.07) is 5.11. The van der Waals surface area contributed by atoms with Gasteiger partial charge in [0.1, 0.15) is 5.75 Å². The van der Waals surface area contributed by atoms with E-state index in [9.17, 15) is 4.79 Å². The number of aliphatic imine (C=N–C) groups is 1. The van der Waals surface area contributed by atoms with Crippen LogP contribution in [0, 0.1) is 0 Å². The number of carbonyl (C=O) groups is 1. The molecule has 1 aromatic carbocycles. The fraction of sp³-hybridized carbons (Fsp3) is 0.273. The van der Waals surface area contributed by atoms with Crippen LogP contribution >= 0.6 is 15.9 Å². The zero-order valence-electron chi connectivity index (χ0n) is 9.40. The topological polar surface area (TPSA) is 41.9 Å². The number of hydrogen-bond donors (Lipinski definition) is 0. The molecule has 0 bridgehead atoms. The molecule has 1 amide bonds. The first-order valence-electron chi connectivity index (χ1n) is 4.63. The summed E-state index contributed by atoms with van der Waals surface area (Å²) < 4.78 is 5.91. The van der Waals surface area contributed by atoms with Crippen molar-refractivity contribution in [1.82, 2.24) is 4.90 Å². The highest BCUT2D eigenvalue weighted by Crippen LogP contribution is 2.25. The van der Waals surface area contributed by atoms with Crippen LogP contribution in [0.25, 0.3) is 0 Å². The Bertz CT molecular complexity index is 416. The summed E-state index contributed by atoms with van der Waals surface area (Å²) >= 11 is 3.32. The Morgan fingerprint density at radius 3 is 2.75 bits per heavy atom. The van der Waals surface area contributed by atoms with Gasteiger partial charge in [0, 0.05) is 19.7 Å². The van der Waals surface area contributed by atoms with Gasteiger partial charge in [-0.2, -0.15) is 4.99 Å². The van der Waals surface area contributed by atoms with Gasteiger partial charge in [-0.15, -0.1) is 0 Å². The molecule has 0 radical (unpaired) electrons. The predicted octanol–water partition coefficient (Wildman–Crippen LogP) is 2.19. The first-order chi connectivity index (χ1) is 7.54. The molecule has 86 valence electrons. The molecule has 0 aromatic heterocycles. The van der Waals surface area contributed by atoms with E-state index in [1.165, 1.54) is 6.34 Å². The van der Waals surface area contributed by atoms with E-state index in [1.54, 1.807) is 44.3 Å². The molecule has 0 aliphatic heterocycles. The molecule has 0 aliphatic rings. The Morgan fingerprint density at radius 1 is 1.50 bits per heavy atom. The molecule has 16 heavy (non-hydrogen) atoms. The average Bonchev–Trinajstić information content (AvgIpc) is 2.26. The van der Waals surface area contributed by atoms with Crippen LogP contribution in [-0.2, 0) is 0 Å². The van der Waals surface area contributed by atoms with Crippen molar-refractivity contribution in [3.8, 4) is 5.75 Å². The highest BCUT2D eigenvalue weighted by molar-refractivity contribution is 9.10. The summed E-state index contributed by atoms with van der Waals surface area (Å²) in [4.78, 5) is 17.1. The van der Waals surface area contributed by atoms with Crippen LogP contribution in [0.3, 0.4) is 0 Å². The van der Waals surface area contributed by atoms with Gasteiger partial charge in [0.05, 0.1) is 17.9 Å². The molecule has 0 fully saturated rings. The van der Waals surface area contributed by atoms with Crippen molar-refractivity contribution in [3.05, 3.63) is 28.2 Å². The minimum atomic E-state index is -0.292. The Kier molecular flexibility index (Phi) is 4.49. The van der Waals surface area contributed by atoms with E-state index in [4.69, 9.17) is 4.74 Å². The number of amides is 1. The van der Waals surface area contributed by atoms with E-state index >= 15 is 0 Å². The molecule has 0 heterocycles. The molecule has 0 unspecified atom stereocenters. The lowest BCUT2D eigenvalue weighted by Crippen LogP contribution is -2.09. The summed E-state index contributed by atoms with van der Waals surface area (Å²) in [6.07, 6.45) is 1.47. The van der Waals surface area contributed by atoms with E-state index in [-0.39, 0.29) is 5.91 Å². The summed E-state index contributed by atoms with van der Waals surface area (Å²) in [5, 5.41) is 0. The van der Waals surface area contributed by atoms with Crippen LogP contribution in [0.5, 0.6) is 5.75 Å². The van der Waals surface area contributed by atoms with Crippen LogP contribution in [0.15, 0.2) is 27.7 Å². The quantitative estimate of drug-likeness (QED) is 0.631. The van der Waals surface area contributed by atoms with Crippen LogP contribution in [0.4, 0.5) is 0 Å². The molecule has 0 saturated heterocycles. The number of methoxy groups -OCH3 is 1.